The molecule has 0 aliphatic carbocycles. The van der Waals surface area contributed by atoms with Gasteiger partial charge in [-0.2, -0.15) is 0 Å². The van der Waals surface area contributed by atoms with Gasteiger partial charge in [0.1, 0.15) is 29.1 Å². The number of nitrogens with one attached hydrogen (secondary N) is 1. The summed E-state index contributed by atoms with van der Waals surface area (Å²) in [5.41, 5.74) is 2.63. The third-order valence-corrected chi connectivity index (χ3v) is 6.63. The van der Waals surface area contributed by atoms with E-state index in [0.29, 0.717) is 16.6 Å². The molecule has 0 radical (unpaired) electrons. The van der Waals surface area contributed by atoms with Crippen molar-refractivity contribution in [3.63, 3.8) is 0 Å². The van der Waals surface area contributed by atoms with Crippen molar-refractivity contribution in [2.24, 2.45) is 0 Å². The van der Waals surface area contributed by atoms with Crippen molar-refractivity contribution in [1.29, 1.82) is 0 Å². The zero-order valence-corrected chi connectivity index (χ0v) is 21.0. The molecule has 4 aromatic rings. The van der Waals surface area contributed by atoms with Gasteiger partial charge in [0.2, 0.25) is 0 Å². The van der Waals surface area contributed by atoms with Crippen LogP contribution in [-0.4, -0.2) is 24.3 Å². The fraction of sp³-hybridized carbons (Fsp3) is 0.154. The first-order chi connectivity index (χ1) is 16.6. The SMILES string of the molecule is COc1ccc(OC)c(N2C(=S)N[C@@H](c3ccccn3)[C@@H]2c2ccc(-c3ccc(Br)cc3)o2)c1. The molecule has 172 valence electrons. The lowest BCUT2D eigenvalue weighted by atomic mass is 10.0. The molecule has 6 nitrogen and oxygen atoms in total. The van der Waals surface area contributed by atoms with Crippen molar-refractivity contribution in [3.05, 3.63) is 94.9 Å². The number of pyridine rings is 1. The monoisotopic (exact) mass is 535 g/mol. The lowest BCUT2D eigenvalue weighted by molar-refractivity contribution is 0.400. The van der Waals surface area contributed by atoms with Gasteiger partial charge in [-0.3, -0.25) is 4.98 Å². The number of anilines is 1. The van der Waals surface area contributed by atoms with Gasteiger partial charge in [-0.25, -0.2) is 0 Å². The van der Waals surface area contributed by atoms with Crippen LogP contribution in [0.3, 0.4) is 0 Å². The lowest BCUT2D eigenvalue weighted by Gasteiger charge is -2.27. The van der Waals surface area contributed by atoms with E-state index < -0.39 is 0 Å². The average molecular weight is 536 g/mol. The van der Waals surface area contributed by atoms with Gasteiger partial charge in [-0.05, 0) is 60.7 Å². The van der Waals surface area contributed by atoms with E-state index in [-0.39, 0.29) is 12.1 Å². The minimum atomic E-state index is -0.299. The molecule has 3 heterocycles. The first-order valence-electron chi connectivity index (χ1n) is 10.7. The molecule has 0 bridgehead atoms. The number of methoxy groups -OCH3 is 2. The van der Waals surface area contributed by atoms with Gasteiger partial charge in [-0.1, -0.05) is 34.1 Å². The number of rotatable bonds is 6. The summed E-state index contributed by atoms with van der Waals surface area (Å²) in [6.45, 7) is 0. The van der Waals surface area contributed by atoms with Crippen LogP contribution in [0.2, 0.25) is 0 Å². The predicted octanol–water partition coefficient (Wildman–Crippen LogP) is 6.30. The summed E-state index contributed by atoms with van der Waals surface area (Å²) in [6.07, 6.45) is 1.78. The Labute approximate surface area is 211 Å². The summed E-state index contributed by atoms with van der Waals surface area (Å²) < 4.78 is 18.6. The minimum absolute atomic E-state index is 0.228. The topological polar surface area (TPSA) is 59.8 Å². The number of hydrogen-bond donors (Lipinski definition) is 1. The molecule has 5 rings (SSSR count). The molecular weight excluding hydrogens is 514 g/mol. The van der Waals surface area contributed by atoms with E-state index in [2.05, 4.69) is 26.2 Å². The maximum atomic E-state index is 6.42. The van der Waals surface area contributed by atoms with Crippen LogP contribution in [0.25, 0.3) is 11.3 Å². The first-order valence-corrected chi connectivity index (χ1v) is 11.9. The molecular formula is C26H22BrN3O3S. The molecule has 2 aromatic carbocycles. The van der Waals surface area contributed by atoms with Crippen molar-refractivity contribution >= 4 is 38.9 Å². The number of thiocarbonyl (C=S) groups is 1. The highest BCUT2D eigenvalue weighted by Crippen LogP contribution is 2.46. The van der Waals surface area contributed by atoms with Crippen molar-refractivity contribution in [2.75, 3.05) is 19.1 Å². The molecule has 1 aliphatic heterocycles. The van der Waals surface area contributed by atoms with E-state index in [9.17, 15) is 0 Å². The molecule has 0 amide bonds. The van der Waals surface area contributed by atoms with E-state index in [1.54, 1.807) is 20.4 Å². The summed E-state index contributed by atoms with van der Waals surface area (Å²) in [4.78, 5) is 6.61. The van der Waals surface area contributed by atoms with E-state index in [4.69, 9.17) is 26.1 Å². The highest BCUT2D eigenvalue weighted by atomic mass is 79.9. The third-order valence-electron chi connectivity index (χ3n) is 5.79. The standard InChI is InChI=1S/C26H22BrN3O3S/c1-31-18-10-11-22(32-2)20(15-18)30-25(24(29-26(30)34)19-5-3-4-14-28-19)23-13-12-21(33-23)16-6-8-17(27)9-7-16/h3-15,24-25H,1-2H3,(H,29,34)/t24-,25-/m0/s1. The van der Waals surface area contributed by atoms with Crippen LogP contribution in [0.15, 0.2) is 87.9 Å². The van der Waals surface area contributed by atoms with Gasteiger partial charge < -0.3 is 24.1 Å². The Bertz CT molecular complexity index is 1310. The van der Waals surface area contributed by atoms with Gasteiger partial charge in [0.25, 0.3) is 0 Å². The number of hydrogen-bond acceptors (Lipinski definition) is 5. The van der Waals surface area contributed by atoms with Gasteiger partial charge in [0.05, 0.1) is 31.6 Å². The summed E-state index contributed by atoms with van der Waals surface area (Å²) in [6, 6.07) is 23.0. The number of ether oxygens (including phenoxy) is 2. The number of halogens is 1. The second-order valence-corrected chi connectivity index (χ2v) is 9.05. The Hall–Kier alpha value is -3.36. The zero-order chi connectivity index (χ0) is 23.7. The number of aromatic nitrogens is 1. The Balaban J connectivity index is 1.63. The summed E-state index contributed by atoms with van der Waals surface area (Å²) in [5.74, 6) is 2.91. The molecule has 0 saturated carbocycles. The van der Waals surface area contributed by atoms with Gasteiger partial charge >= 0.3 is 0 Å². The fourth-order valence-electron chi connectivity index (χ4n) is 4.17. The van der Waals surface area contributed by atoms with Crippen LogP contribution in [0.5, 0.6) is 11.5 Å². The number of nitrogens with zero attached hydrogens (tertiary/aromatic N) is 2. The van der Waals surface area contributed by atoms with Gasteiger partial charge in [-0.15, -0.1) is 0 Å². The molecule has 1 aliphatic rings. The average Bonchev–Trinajstić information content (AvgIpc) is 3.49. The highest BCUT2D eigenvalue weighted by molar-refractivity contribution is 9.10. The van der Waals surface area contributed by atoms with Crippen LogP contribution in [0, 0.1) is 0 Å². The predicted molar refractivity (Wildman–Crippen MR) is 139 cm³/mol. The molecule has 0 unspecified atom stereocenters. The lowest BCUT2D eigenvalue weighted by Crippen LogP contribution is -2.29. The zero-order valence-electron chi connectivity index (χ0n) is 18.6. The normalized spacial score (nSPS) is 17.5. The summed E-state index contributed by atoms with van der Waals surface area (Å²) in [7, 11) is 3.28. The molecule has 0 spiro atoms. The second kappa shape index (κ2) is 9.48. The van der Waals surface area contributed by atoms with Crippen LogP contribution in [-0.2, 0) is 0 Å². The third kappa shape index (κ3) is 4.15. The van der Waals surface area contributed by atoms with Crippen LogP contribution >= 0.6 is 28.1 Å². The Morgan fingerprint density at radius 3 is 2.53 bits per heavy atom. The summed E-state index contributed by atoms with van der Waals surface area (Å²) in [5, 5.41) is 3.99. The highest BCUT2D eigenvalue weighted by Gasteiger charge is 2.43. The quantitative estimate of drug-likeness (QED) is 0.290. The molecule has 1 N–H and O–H groups in total. The Kier molecular flexibility index (Phi) is 6.26. The van der Waals surface area contributed by atoms with Gasteiger partial charge in [0, 0.05) is 22.3 Å². The van der Waals surface area contributed by atoms with Crippen LogP contribution in [0.4, 0.5) is 5.69 Å². The van der Waals surface area contributed by atoms with E-state index in [0.717, 1.165) is 32.9 Å². The van der Waals surface area contributed by atoms with Crippen molar-refractivity contribution in [1.82, 2.24) is 10.3 Å². The van der Waals surface area contributed by atoms with Crippen molar-refractivity contribution < 1.29 is 13.9 Å². The maximum Gasteiger partial charge on any atom is 0.174 e. The van der Waals surface area contributed by atoms with Crippen molar-refractivity contribution in [2.45, 2.75) is 12.1 Å². The Morgan fingerprint density at radius 2 is 1.82 bits per heavy atom. The van der Waals surface area contributed by atoms with E-state index in [1.807, 2.05) is 77.7 Å². The number of furan rings is 1. The molecule has 1 fully saturated rings. The molecule has 34 heavy (non-hydrogen) atoms. The molecule has 2 atom stereocenters. The molecule has 1 saturated heterocycles. The van der Waals surface area contributed by atoms with Crippen LogP contribution < -0.4 is 19.7 Å². The Morgan fingerprint density at radius 1 is 1.00 bits per heavy atom. The maximum absolute atomic E-state index is 6.42. The molecule has 8 heteroatoms. The van der Waals surface area contributed by atoms with Crippen LogP contribution in [0.1, 0.15) is 23.5 Å². The number of benzene rings is 2. The van der Waals surface area contributed by atoms with Gasteiger partial charge in [0.15, 0.2) is 5.11 Å². The smallest absolute Gasteiger partial charge is 0.174 e. The summed E-state index contributed by atoms with van der Waals surface area (Å²) >= 11 is 9.31. The van der Waals surface area contributed by atoms with Crippen molar-refractivity contribution in [3.8, 4) is 22.8 Å². The second-order valence-electron chi connectivity index (χ2n) is 7.74. The largest absolute Gasteiger partial charge is 0.497 e. The van der Waals surface area contributed by atoms with E-state index in [1.165, 1.54) is 0 Å². The molecule has 2 aromatic heterocycles. The minimum Gasteiger partial charge on any atom is -0.497 e. The van der Waals surface area contributed by atoms with E-state index >= 15 is 0 Å². The first kappa shape index (κ1) is 22.4. The fourth-order valence-corrected chi connectivity index (χ4v) is 4.77.